The fraction of sp³-hybridized carbons (Fsp3) is 0.412. The summed E-state index contributed by atoms with van der Waals surface area (Å²) in [6.07, 6.45) is 10.7. The van der Waals surface area contributed by atoms with Crippen molar-refractivity contribution in [1.29, 1.82) is 0 Å². The number of nitrogens with one attached hydrogen (secondary N) is 1. The first-order chi connectivity index (χ1) is 18.9. The Kier molecular flexibility index (Phi) is 9.88. The summed E-state index contributed by atoms with van der Waals surface area (Å²) in [5.41, 5.74) is 5.07. The van der Waals surface area contributed by atoms with Gasteiger partial charge in [0.25, 0.3) is 0 Å². The predicted octanol–water partition coefficient (Wildman–Crippen LogP) is 9.00. The van der Waals surface area contributed by atoms with Gasteiger partial charge in [-0.25, -0.2) is 8.78 Å². The number of halogens is 2. The zero-order valence-corrected chi connectivity index (χ0v) is 25.0. The van der Waals surface area contributed by atoms with Gasteiger partial charge < -0.3 is 10.2 Å². The third-order valence-electron chi connectivity index (χ3n) is 8.01. The Morgan fingerprint density at radius 1 is 1.20 bits per heavy atom. The third kappa shape index (κ3) is 6.27. The first kappa shape index (κ1) is 31.0. The van der Waals surface area contributed by atoms with E-state index in [1.54, 1.807) is 26.1 Å². The Labute approximate surface area is 238 Å². The SMILES string of the molecule is C=C(F)/C(F)=C(\C=C/C)N/C(C)=C(C)/C(=C\C(=C)c1ccc2c(c1)N(C1CC(CC)C1)C(=O)C2(C)C)N=CCC. The molecule has 0 radical (unpaired) electrons. The molecule has 2 aliphatic rings. The van der Waals surface area contributed by atoms with Crippen molar-refractivity contribution in [2.45, 2.75) is 85.6 Å². The highest BCUT2D eigenvalue weighted by Crippen LogP contribution is 2.48. The van der Waals surface area contributed by atoms with Crippen LogP contribution < -0.4 is 10.2 Å². The van der Waals surface area contributed by atoms with Crippen LogP contribution in [-0.2, 0) is 10.2 Å². The lowest BCUT2D eigenvalue weighted by Gasteiger charge is -2.41. The van der Waals surface area contributed by atoms with Crippen LogP contribution in [0.2, 0.25) is 0 Å². The monoisotopic (exact) mass is 547 g/mol. The van der Waals surface area contributed by atoms with Gasteiger partial charge in [0, 0.05) is 23.6 Å². The molecule has 0 bridgehead atoms. The second-order valence-corrected chi connectivity index (χ2v) is 11.2. The summed E-state index contributed by atoms with van der Waals surface area (Å²) in [7, 11) is 0. The molecule has 1 aliphatic heterocycles. The van der Waals surface area contributed by atoms with Crippen LogP contribution in [0.25, 0.3) is 5.57 Å². The molecule has 214 valence electrons. The largest absolute Gasteiger partial charge is 0.356 e. The summed E-state index contributed by atoms with van der Waals surface area (Å²) in [6, 6.07) is 6.36. The van der Waals surface area contributed by atoms with E-state index >= 15 is 0 Å². The fourth-order valence-corrected chi connectivity index (χ4v) is 5.24. The maximum atomic E-state index is 14.4. The van der Waals surface area contributed by atoms with Crippen molar-refractivity contribution < 1.29 is 13.6 Å². The van der Waals surface area contributed by atoms with Gasteiger partial charge in [-0.05, 0) is 100 Å². The van der Waals surface area contributed by atoms with E-state index in [4.69, 9.17) is 0 Å². The highest BCUT2D eigenvalue weighted by molar-refractivity contribution is 6.08. The molecular weight excluding hydrogens is 504 g/mol. The standard InChI is InChI=1S/C34H43F2N3O/c1-10-13-29(32(36)23(6)35)38-24(7)22(5)30(37-16-11-2)17-21(4)26-14-15-28-31(20-26)39(33(40)34(28,8)9)27-18-25(12-3)19-27/h10,13-17,20,25,27,38H,4,6,11-12,18-19H2,1-3,5,7-9H3/b13-10-,24-22+,30-17+,32-29-,37-16?. The van der Waals surface area contributed by atoms with Gasteiger partial charge in [0.2, 0.25) is 5.91 Å². The molecule has 1 aromatic carbocycles. The van der Waals surface area contributed by atoms with Gasteiger partial charge in [-0.3, -0.25) is 9.79 Å². The number of aliphatic imine (C=N–C) groups is 1. The third-order valence-corrected chi connectivity index (χ3v) is 8.01. The number of fused-ring (bicyclic) bond motifs is 1. The molecule has 1 saturated carbocycles. The molecule has 0 atom stereocenters. The number of benzene rings is 1. The zero-order chi connectivity index (χ0) is 29.8. The summed E-state index contributed by atoms with van der Waals surface area (Å²) < 4.78 is 27.9. The second kappa shape index (κ2) is 12.8. The summed E-state index contributed by atoms with van der Waals surface area (Å²) >= 11 is 0. The van der Waals surface area contributed by atoms with Crippen molar-refractivity contribution in [1.82, 2.24) is 5.32 Å². The van der Waals surface area contributed by atoms with E-state index in [-0.39, 0.29) is 17.6 Å². The van der Waals surface area contributed by atoms with Crippen LogP contribution in [0.4, 0.5) is 14.5 Å². The maximum Gasteiger partial charge on any atom is 0.237 e. The van der Waals surface area contributed by atoms with E-state index in [1.165, 1.54) is 6.08 Å². The van der Waals surface area contributed by atoms with Crippen LogP contribution in [0.15, 0.2) is 88.9 Å². The molecule has 0 spiro atoms. The lowest BCUT2D eigenvalue weighted by atomic mass is 9.77. The smallest absolute Gasteiger partial charge is 0.237 e. The van der Waals surface area contributed by atoms with Gasteiger partial charge in [-0.1, -0.05) is 51.6 Å². The number of hydrogen-bond donors (Lipinski definition) is 1. The molecule has 40 heavy (non-hydrogen) atoms. The van der Waals surface area contributed by atoms with E-state index < -0.39 is 17.1 Å². The molecule has 1 N–H and O–H groups in total. The average Bonchev–Trinajstić information content (AvgIpc) is 3.09. The van der Waals surface area contributed by atoms with Gasteiger partial charge in [-0.2, -0.15) is 0 Å². The van der Waals surface area contributed by atoms with E-state index in [0.29, 0.717) is 17.3 Å². The van der Waals surface area contributed by atoms with Crippen molar-refractivity contribution in [2.75, 3.05) is 4.90 Å². The van der Waals surface area contributed by atoms with Crippen molar-refractivity contribution >= 4 is 23.4 Å². The number of amides is 1. The minimum absolute atomic E-state index is 0.0169. The Bertz CT molecular complexity index is 1340. The molecule has 0 aromatic heterocycles. The van der Waals surface area contributed by atoms with E-state index in [2.05, 4.69) is 36.5 Å². The predicted molar refractivity (Wildman–Crippen MR) is 164 cm³/mol. The molecule has 1 aromatic rings. The maximum absolute atomic E-state index is 14.4. The highest BCUT2D eigenvalue weighted by atomic mass is 19.2. The summed E-state index contributed by atoms with van der Waals surface area (Å²) in [5, 5.41) is 2.96. The molecule has 6 heteroatoms. The number of anilines is 1. The topological polar surface area (TPSA) is 44.7 Å². The first-order valence-electron chi connectivity index (χ1n) is 14.1. The number of allylic oxidation sites excluding steroid dienone is 8. The number of hydrogen-bond acceptors (Lipinski definition) is 3. The van der Waals surface area contributed by atoms with Gasteiger partial charge in [0.15, 0.2) is 11.7 Å². The Morgan fingerprint density at radius 2 is 1.88 bits per heavy atom. The van der Waals surface area contributed by atoms with Crippen LogP contribution in [0.1, 0.15) is 85.3 Å². The van der Waals surface area contributed by atoms with Crippen molar-refractivity contribution in [2.24, 2.45) is 10.9 Å². The highest BCUT2D eigenvalue weighted by Gasteiger charge is 2.48. The number of carbonyl (C=O) groups is 1. The first-order valence-corrected chi connectivity index (χ1v) is 14.1. The number of rotatable bonds is 11. The van der Waals surface area contributed by atoms with Crippen LogP contribution in [0, 0.1) is 5.92 Å². The molecule has 1 aliphatic carbocycles. The normalized spacial score (nSPS) is 21.8. The molecule has 1 amide bonds. The van der Waals surface area contributed by atoms with E-state index in [0.717, 1.165) is 53.6 Å². The van der Waals surface area contributed by atoms with Crippen molar-refractivity contribution in [3.05, 3.63) is 95.0 Å². The van der Waals surface area contributed by atoms with Crippen LogP contribution >= 0.6 is 0 Å². The van der Waals surface area contributed by atoms with Crippen LogP contribution in [0.5, 0.6) is 0 Å². The summed E-state index contributed by atoms with van der Waals surface area (Å²) in [5.74, 6) is -1.36. The molecule has 1 heterocycles. The second-order valence-electron chi connectivity index (χ2n) is 11.2. The molecule has 4 nitrogen and oxygen atoms in total. The molecule has 1 fully saturated rings. The number of nitrogens with zero attached hydrogens (tertiary/aromatic N) is 2. The van der Waals surface area contributed by atoms with Crippen LogP contribution in [0.3, 0.4) is 0 Å². The Hall–Kier alpha value is -3.54. The Morgan fingerprint density at radius 3 is 2.45 bits per heavy atom. The molecule has 0 saturated heterocycles. The van der Waals surface area contributed by atoms with E-state index in [1.807, 2.05) is 50.8 Å². The molecule has 3 rings (SSSR count). The molecular formula is C34H43F2N3O. The minimum Gasteiger partial charge on any atom is -0.356 e. The van der Waals surface area contributed by atoms with Gasteiger partial charge in [0.1, 0.15) is 0 Å². The van der Waals surface area contributed by atoms with Crippen molar-refractivity contribution in [3.8, 4) is 0 Å². The lowest BCUT2D eigenvalue weighted by molar-refractivity contribution is -0.123. The van der Waals surface area contributed by atoms with Gasteiger partial charge >= 0.3 is 0 Å². The minimum atomic E-state index is -1.14. The lowest BCUT2D eigenvalue weighted by Crippen LogP contribution is -2.49. The van der Waals surface area contributed by atoms with Crippen LogP contribution in [-0.4, -0.2) is 18.2 Å². The van der Waals surface area contributed by atoms with Crippen molar-refractivity contribution in [3.63, 3.8) is 0 Å². The number of carbonyl (C=O) groups excluding carboxylic acids is 1. The summed E-state index contributed by atoms with van der Waals surface area (Å²) in [6.45, 7) is 21.0. The van der Waals surface area contributed by atoms with Gasteiger partial charge in [-0.15, -0.1) is 0 Å². The quantitative estimate of drug-likeness (QED) is 0.222. The van der Waals surface area contributed by atoms with E-state index in [9.17, 15) is 13.6 Å². The summed E-state index contributed by atoms with van der Waals surface area (Å²) in [4.78, 5) is 20.1. The molecule has 0 unspecified atom stereocenters. The average molecular weight is 548 g/mol. The Balaban J connectivity index is 2.00. The van der Waals surface area contributed by atoms with Gasteiger partial charge in [0.05, 0.1) is 16.8 Å². The zero-order valence-electron chi connectivity index (χ0n) is 25.0. The fourth-order valence-electron chi connectivity index (χ4n) is 5.24.